The van der Waals surface area contributed by atoms with Crippen LogP contribution in [0.3, 0.4) is 0 Å². The van der Waals surface area contributed by atoms with Gasteiger partial charge in [0.2, 0.25) is 11.9 Å². The highest BCUT2D eigenvalue weighted by Gasteiger charge is 2.24. The number of benzene rings is 1. The summed E-state index contributed by atoms with van der Waals surface area (Å²) in [5.41, 5.74) is 0.610. The number of aromatic nitrogens is 3. The summed E-state index contributed by atoms with van der Waals surface area (Å²) < 4.78 is 12.8. The predicted octanol–water partition coefficient (Wildman–Crippen LogP) is 4.69. The smallest absolute Gasteiger partial charge is 0.237 e. The van der Waals surface area contributed by atoms with Crippen molar-refractivity contribution in [3.05, 3.63) is 47.4 Å². The second-order valence-corrected chi connectivity index (χ2v) is 9.31. The third-order valence-electron chi connectivity index (χ3n) is 5.30. The molecule has 0 spiro atoms. The number of halogens is 1. The first-order valence-electron chi connectivity index (χ1n) is 10.6. The van der Waals surface area contributed by atoms with Gasteiger partial charge in [0.1, 0.15) is 11.5 Å². The number of carbonyl (C=O) groups excluding carboxylic acids is 1. The van der Waals surface area contributed by atoms with Gasteiger partial charge in [-0.25, -0.2) is 0 Å². The maximum Gasteiger partial charge on any atom is 0.237 e. The minimum absolute atomic E-state index is 0.150. The normalized spacial score (nSPS) is 14.9. The van der Waals surface area contributed by atoms with Gasteiger partial charge >= 0.3 is 0 Å². The van der Waals surface area contributed by atoms with Crippen molar-refractivity contribution in [3.8, 4) is 5.75 Å². The molecule has 1 amide bonds. The first-order chi connectivity index (χ1) is 15.5. The Morgan fingerprint density at radius 1 is 1.28 bits per heavy atom. The van der Waals surface area contributed by atoms with Gasteiger partial charge in [0.15, 0.2) is 5.16 Å². The maximum absolute atomic E-state index is 12.8. The lowest BCUT2D eigenvalue weighted by Gasteiger charge is -2.27. The molecule has 1 saturated heterocycles. The van der Waals surface area contributed by atoms with E-state index in [2.05, 4.69) is 20.4 Å². The van der Waals surface area contributed by atoms with Crippen LogP contribution in [0, 0.1) is 0 Å². The zero-order valence-electron chi connectivity index (χ0n) is 18.1. The molecule has 2 aromatic heterocycles. The summed E-state index contributed by atoms with van der Waals surface area (Å²) in [4.78, 5) is 15.1. The molecule has 1 unspecified atom stereocenters. The first kappa shape index (κ1) is 22.5. The molecule has 1 aromatic carbocycles. The number of hydrogen-bond acceptors (Lipinski definition) is 7. The maximum atomic E-state index is 12.8. The molecular weight excluding hydrogens is 450 g/mol. The van der Waals surface area contributed by atoms with Crippen LogP contribution in [0.5, 0.6) is 5.75 Å². The number of rotatable bonds is 8. The molecule has 1 atom stereocenters. The number of hydrogen-bond donors (Lipinski definition) is 1. The fourth-order valence-corrected chi connectivity index (χ4v) is 4.69. The topological polar surface area (TPSA) is 85.4 Å². The number of piperidine rings is 1. The number of methoxy groups -OCH3 is 1. The highest BCUT2D eigenvalue weighted by Crippen LogP contribution is 2.30. The molecule has 0 bridgehead atoms. The van der Waals surface area contributed by atoms with Crippen LogP contribution in [-0.2, 0) is 11.3 Å². The van der Waals surface area contributed by atoms with Crippen LogP contribution >= 0.6 is 23.4 Å². The summed E-state index contributed by atoms with van der Waals surface area (Å²) in [7, 11) is 1.55. The van der Waals surface area contributed by atoms with Crippen molar-refractivity contribution >= 4 is 40.9 Å². The van der Waals surface area contributed by atoms with E-state index in [-0.39, 0.29) is 5.91 Å². The van der Waals surface area contributed by atoms with Gasteiger partial charge in [-0.05, 0) is 56.5 Å². The SMILES string of the molecule is COc1ccc(NC(=O)C(C)Sc2nnc(N3CCCCC3)n2Cc2ccco2)cc1Cl. The Bertz CT molecular complexity index is 1050. The summed E-state index contributed by atoms with van der Waals surface area (Å²) in [6, 6.07) is 8.94. The van der Waals surface area contributed by atoms with Crippen LogP contribution in [-0.4, -0.2) is 46.1 Å². The van der Waals surface area contributed by atoms with E-state index in [1.54, 1.807) is 31.6 Å². The van der Waals surface area contributed by atoms with E-state index in [9.17, 15) is 4.79 Å². The van der Waals surface area contributed by atoms with Crippen LogP contribution in [0.1, 0.15) is 31.9 Å². The number of thioether (sulfide) groups is 1. The highest BCUT2D eigenvalue weighted by molar-refractivity contribution is 8.00. The number of amides is 1. The number of ether oxygens (including phenoxy) is 1. The van der Waals surface area contributed by atoms with E-state index in [0.717, 1.165) is 37.6 Å². The Hall–Kier alpha value is -2.65. The standard InChI is InChI=1S/C22H26ClN5O3S/c1-15(20(29)24-16-8-9-19(30-2)18(23)13-16)32-22-26-25-21(27-10-4-3-5-11-27)28(22)14-17-7-6-12-31-17/h6-9,12-13,15H,3-5,10-11,14H2,1-2H3,(H,24,29). The van der Waals surface area contributed by atoms with Crippen molar-refractivity contribution in [3.63, 3.8) is 0 Å². The molecular formula is C22H26ClN5O3S. The van der Waals surface area contributed by atoms with E-state index < -0.39 is 5.25 Å². The predicted molar refractivity (Wildman–Crippen MR) is 126 cm³/mol. The molecule has 1 aliphatic rings. The van der Waals surface area contributed by atoms with E-state index in [0.29, 0.717) is 28.2 Å². The highest BCUT2D eigenvalue weighted by atomic mass is 35.5. The van der Waals surface area contributed by atoms with Crippen molar-refractivity contribution in [1.29, 1.82) is 0 Å². The Balaban J connectivity index is 1.50. The van der Waals surface area contributed by atoms with Gasteiger partial charge in [-0.2, -0.15) is 0 Å². The average molecular weight is 476 g/mol. The van der Waals surface area contributed by atoms with Crippen LogP contribution in [0.4, 0.5) is 11.6 Å². The van der Waals surface area contributed by atoms with Gasteiger partial charge < -0.3 is 19.4 Å². The molecule has 4 rings (SSSR count). The summed E-state index contributed by atoms with van der Waals surface area (Å²) >= 11 is 7.54. The molecule has 3 heterocycles. The van der Waals surface area contributed by atoms with Gasteiger partial charge in [-0.3, -0.25) is 9.36 Å². The third-order valence-corrected chi connectivity index (χ3v) is 6.68. The summed E-state index contributed by atoms with van der Waals surface area (Å²) in [6.07, 6.45) is 5.17. The molecule has 0 aliphatic carbocycles. The van der Waals surface area contributed by atoms with Gasteiger partial charge in [-0.15, -0.1) is 10.2 Å². The number of furan rings is 1. The fraction of sp³-hybridized carbons (Fsp3) is 0.409. The fourth-order valence-electron chi connectivity index (χ4n) is 3.59. The molecule has 1 N–H and O–H groups in total. The zero-order chi connectivity index (χ0) is 22.5. The van der Waals surface area contributed by atoms with Gasteiger partial charge in [0.25, 0.3) is 0 Å². The number of nitrogens with one attached hydrogen (secondary N) is 1. The first-order valence-corrected chi connectivity index (χ1v) is 11.8. The Kier molecular flexibility index (Phi) is 7.26. The molecule has 0 saturated carbocycles. The van der Waals surface area contributed by atoms with E-state index >= 15 is 0 Å². The Morgan fingerprint density at radius 2 is 2.09 bits per heavy atom. The number of carbonyl (C=O) groups is 1. The van der Waals surface area contributed by atoms with Crippen molar-refractivity contribution in [1.82, 2.24) is 14.8 Å². The van der Waals surface area contributed by atoms with Crippen LogP contribution in [0.15, 0.2) is 46.2 Å². The summed E-state index contributed by atoms with van der Waals surface area (Å²) in [5.74, 6) is 2.04. The molecule has 1 aliphatic heterocycles. The van der Waals surface area contributed by atoms with Crippen LogP contribution in [0.25, 0.3) is 0 Å². The van der Waals surface area contributed by atoms with Gasteiger partial charge in [0, 0.05) is 18.8 Å². The lowest BCUT2D eigenvalue weighted by Crippen LogP contribution is -2.32. The zero-order valence-corrected chi connectivity index (χ0v) is 19.7. The Morgan fingerprint density at radius 3 is 2.78 bits per heavy atom. The van der Waals surface area contributed by atoms with Crippen LogP contribution < -0.4 is 15.0 Å². The largest absolute Gasteiger partial charge is 0.495 e. The van der Waals surface area contributed by atoms with E-state index in [1.165, 1.54) is 18.2 Å². The van der Waals surface area contributed by atoms with E-state index in [4.69, 9.17) is 20.8 Å². The second kappa shape index (κ2) is 10.3. The molecule has 3 aromatic rings. The van der Waals surface area contributed by atoms with Crippen molar-refractivity contribution < 1.29 is 13.9 Å². The lowest BCUT2D eigenvalue weighted by molar-refractivity contribution is -0.115. The minimum Gasteiger partial charge on any atom is -0.495 e. The third kappa shape index (κ3) is 5.21. The number of anilines is 2. The average Bonchev–Trinajstić information content (AvgIpc) is 3.45. The van der Waals surface area contributed by atoms with Crippen LogP contribution in [0.2, 0.25) is 5.02 Å². The Labute approximate surface area is 196 Å². The van der Waals surface area contributed by atoms with Gasteiger partial charge in [0.05, 0.1) is 30.2 Å². The lowest BCUT2D eigenvalue weighted by atomic mass is 10.1. The monoisotopic (exact) mass is 475 g/mol. The van der Waals surface area contributed by atoms with Crippen molar-refractivity contribution in [2.45, 2.75) is 43.1 Å². The number of nitrogens with zero attached hydrogens (tertiary/aromatic N) is 4. The molecule has 10 heteroatoms. The van der Waals surface area contributed by atoms with E-state index in [1.807, 2.05) is 23.6 Å². The quantitative estimate of drug-likeness (QED) is 0.473. The van der Waals surface area contributed by atoms with Gasteiger partial charge in [-0.1, -0.05) is 23.4 Å². The molecule has 170 valence electrons. The second-order valence-electron chi connectivity index (χ2n) is 7.59. The molecule has 32 heavy (non-hydrogen) atoms. The van der Waals surface area contributed by atoms with Crippen molar-refractivity contribution in [2.75, 3.05) is 30.4 Å². The summed E-state index contributed by atoms with van der Waals surface area (Å²) in [5, 5.41) is 12.5. The minimum atomic E-state index is -0.398. The van der Waals surface area contributed by atoms with Crippen molar-refractivity contribution in [2.24, 2.45) is 0 Å². The summed E-state index contributed by atoms with van der Waals surface area (Å²) in [6.45, 7) is 4.26. The molecule has 1 fully saturated rings. The molecule has 8 nitrogen and oxygen atoms in total. The molecule has 0 radical (unpaired) electrons.